The number of nitrogens with zero attached hydrogens (tertiary/aromatic N) is 6. The second-order valence-electron chi connectivity index (χ2n) is 8.17. The third kappa shape index (κ3) is 4.97. The second-order valence-corrected chi connectivity index (χ2v) is 8.17. The van der Waals surface area contributed by atoms with Crippen LogP contribution < -0.4 is 10.9 Å². The van der Waals surface area contributed by atoms with Crippen molar-refractivity contribution >= 4 is 22.8 Å². The van der Waals surface area contributed by atoms with Gasteiger partial charge >= 0.3 is 0 Å². The standard InChI is InChI=1S/C26H24N8O2/c1-2-23-27-21-10-6-7-11-22(21)33(23)17-24(35)28-30-26(36)20-14-12-18(13-15-20)16-34-31-25(29-32-34)19-8-4-3-5-9-19/h3-15H,2,16-17H2,1H3,(H,28,35)(H,30,36). The topological polar surface area (TPSA) is 120 Å². The summed E-state index contributed by atoms with van der Waals surface area (Å²) in [4.78, 5) is 31.1. The first-order chi connectivity index (χ1) is 17.6. The maximum atomic E-state index is 12.5. The number of aromatic nitrogens is 6. The van der Waals surface area contributed by atoms with Crippen LogP contribution in [0.15, 0.2) is 78.9 Å². The summed E-state index contributed by atoms with van der Waals surface area (Å²) < 4.78 is 1.85. The number of hydrogen-bond donors (Lipinski definition) is 2. The highest BCUT2D eigenvalue weighted by atomic mass is 16.2. The number of hydrogen-bond acceptors (Lipinski definition) is 6. The molecule has 2 aromatic heterocycles. The minimum atomic E-state index is -0.411. The van der Waals surface area contributed by atoms with Gasteiger partial charge in [0.25, 0.3) is 11.8 Å². The number of hydrazine groups is 1. The minimum Gasteiger partial charge on any atom is -0.318 e. The maximum Gasteiger partial charge on any atom is 0.269 e. The first-order valence-corrected chi connectivity index (χ1v) is 11.6. The van der Waals surface area contributed by atoms with Gasteiger partial charge in [0.1, 0.15) is 12.4 Å². The van der Waals surface area contributed by atoms with Crippen molar-refractivity contribution in [2.45, 2.75) is 26.4 Å². The molecule has 2 N–H and O–H groups in total. The average Bonchev–Trinajstić information content (AvgIpc) is 3.53. The van der Waals surface area contributed by atoms with Gasteiger partial charge in [0.2, 0.25) is 5.82 Å². The van der Waals surface area contributed by atoms with Gasteiger partial charge in [0.05, 0.1) is 17.6 Å². The van der Waals surface area contributed by atoms with Crippen molar-refractivity contribution in [1.82, 2.24) is 40.6 Å². The van der Waals surface area contributed by atoms with E-state index in [0.29, 0.717) is 24.4 Å². The van der Waals surface area contributed by atoms with Gasteiger partial charge in [-0.3, -0.25) is 20.4 Å². The largest absolute Gasteiger partial charge is 0.318 e. The quantitative estimate of drug-likeness (QED) is 0.346. The molecule has 5 rings (SSSR count). The predicted molar refractivity (Wildman–Crippen MR) is 134 cm³/mol. The second kappa shape index (κ2) is 10.2. The van der Waals surface area contributed by atoms with E-state index in [1.165, 1.54) is 4.80 Å². The SMILES string of the molecule is CCc1nc2ccccc2n1CC(=O)NNC(=O)c1ccc(Cn2nnc(-c3ccccc3)n2)cc1. The molecule has 10 heteroatoms. The number of imidazole rings is 1. The van der Waals surface area contributed by atoms with E-state index < -0.39 is 5.91 Å². The van der Waals surface area contributed by atoms with Crippen molar-refractivity contribution in [3.8, 4) is 11.4 Å². The Hall–Kier alpha value is -4.86. The fourth-order valence-electron chi connectivity index (χ4n) is 3.89. The predicted octanol–water partition coefficient (Wildman–Crippen LogP) is 2.76. The molecule has 0 atom stereocenters. The summed E-state index contributed by atoms with van der Waals surface area (Å²) >= 11 is 0. The molecule has 2 heterocycles. The normalized spacial score (nSPS) is 10.9. The Labute approximate surface area is 206 Å². The van der Waals surface area contributed by atoms with Crippen LogP contribution in [0.5, 0.6) is 0 Å². The lowest BCUT2D eigenvalue weighted by Gasteiger charge is -2.10. The molecular formula is C26H24N8O2. The van der Waals surface area contributed by atoms with Gasteiger partial charge < -0.3 is 4.57 Å². The Kier molecular flexibility index (Phi) is 6.48. The molecule has 0 bridgehead atoms. The van der Waals surface area contributed by atoms with Gasteiger partial charge in [-0.1, -0.05) is 61.5 Å². The number of rotatable bonds is 7. The summed E-state index contributed by atoms with van der Waals surface area (Å²) in [5.41, 5.74) is 8.90. The molecule has 0 saturated carbocycles. The van der Waals surface area contributed by atoms with Crippen LogP contribution in [0.1, 0.15) is 28.7 Å². The Balaban J connectivity index is 1.17. The highest BCUT2D eigenvalue weighted by molar-refractivity contribution is 5.95. The highest BCUT2D eigenvalue weighted by Gasteiger charge is 2.14. The van der Waals surface area contributed by atoms with E-state index in [1.807, 2.05) is 78.2 Å². The lowest BCUT2D eigenvalue weighted by molar-refractivity contribution is -0.122. The molecule has 0 aliphatic heterocycles. The van der Waals surface area contributed by atoms with Crippen molar-refractivity contribution in [3.63, 3.8) is 0 Å². The molecule has 0 fully saturated rings. The molecular weight excluding hydrogens is 456 g/mol. The van der Waals surface area contributed by atoms with Crippen LogP contribution in [0.25, 0.3) is 22.4 Å². The van der Waals surface area contributed by atoms with Gasteiger partial charge in [-0.25, -0.2) is 4.98 Å². The highest BCUT2D eigenvalue weighted by Crippen LogP contribution is 2.16. The van der Waals surface area contributed by atoms with Crippen molar-refractivity contribution in [3.05, 3.63) is 95.8 Å². The molecule has 0 saturated heterocycles. The lowest BCUT2D eigenvalue weighted by atomic mass is 10.1. The first-order valence-electron chi connectivity index (χ1n) is 11.6. The fourth-order valence-corrected chi connectivity index (χ4v) is 3.89. The van der Waals surface area contributed by atoms with Crippen LogP contribution >= 0.6 is 0 Å². The van der Waals surface area contributed by atoms with Crippen LogP contribution in [0.3, 0.4) is 0 Å². The van der Waals surface area contributed by atoms with Gasteiger partial charge in [0.15, 0.2) is 0 Å². The molecule has 0 radical (unpaired) electrons. The smallest absolute Gasteiger partial charge is 0.269 e. The third-order valence-electron chi connectivity index (χ3n) is 5.69. The summed E-state index contributed by atoms with van der Waals surface area (Å²) in [7, 11) is 0. The maximum absolute atomic E-state index is 12.5. The summed E-state index contributed by atoms with van der Waals surface area (Å²) in [5.74, 6) is 0.610. The number of para-hydroxylation sites is 2. The lowest BCUT2D eigenvalue weighted by Crippen LogP contribution is -2.43. The minimum absolute atomic E-state index is 0.0543. The van der Waals surface area contributed by atoms with Gasteiger partial charge in [-0.15, -0.1) is 10.2 Å². The average molecular weight is 481 g/mol. The monoisotopic (exact) mass is 480 g/mol. The van der Waals surface area contributed by atoms with Crippen LogP contribution in [0.2, 0.25) is 0 Å². The number of amides is 2. The van der Waals surface area contributed by atoms with Gasteiger partial charge in [-0.05, 0) is 35.0 Å². The summed E-state index contributed by atoms with van der Waals surface area (Å²) in [6, 6.07) is 24.3. The number of fused-ring (bicyclic) bond motifs is 1. The molecule has 2 amide bonds. The van der Waals surface area contributed by atoms with Gasteiger partial charge in [0, 0.05) is 17.5 Å². The zero-order chi connectivity index (χ0) is 24.9. The number of carbonyl (C=O) groups excluding carboxylic acids is 2. The van der Waals surface area contributed by atoms with E-state index in [-0.39, 0.29) is 12.5 Å². The van der Waals surface area contributed by atoms with Crippen molar-refractivity contribution in [1.29, 1.82) is 0 Å². The van der Waals surface area contributed by atoms with E-state index >= 15 is 0 Å². The fraction of sp³-hybridized carbons (Fsp3) is 0.154. The molecule has 180 valence electrons. The third-order valence-corrected chi connectivity index (χ3v) is 5.69. The van der Waals surface area contributed by atoms with Crippen LogP contribution in [0, 0.1) is 0 Å². The summed E-state index contributed by atoms with van der Waals surface area (Å²) in [5, 5.41) is 12.6. The van der Waals surface area contributed by atoms with Crippen LogP contribution in [0.4, 0.5) is 0 Å². The molecule has 10 nitrogen and oxygen atoms in total. The molecule has 5 aromatic rings. The van der Waals surface area contributed by atoms with Crippen LogP contribution in [-0.2, 0) is 24.3 Å². The molecule has 36 heavy (non-hydrogen) atoms. The Bertz CT molecular complexity index is 1510. The van der Waals surface area contributed by atoms with E-state index in [9.17, 15) is 9.59 Å². The molecule has 3 aromatic carbocycles. The number of tetrazole rings is 1. The first kappa shape index (κ1) is 22.9. The summed E-state index contributed by atoms with van der Waals surface area (Å²) in [6.07, 6.45) is 0.693. The van der Waals surface area contributed by atoms with E-state index in [0.717, 1.165) is 28.0 Å². The molecule has 0 aliphatic carbocycles. The Morgan fingerprint density at radius 1 is 0.889 bits per heavy atom. The summed E-state index contributed by atoms with van der Waals surface area (Å²) in [6.45, 7) is 2.46. The zero-order valence-electron chi connectivity index (χ0n) is 19.6. The molecule has 0 unspecified atom stereocenters. The van der Waals surface area contributed by atoms with Gasteiger partial charge in [-0.2, -0.15) is 4.80 Å². The molecule has 0 spiro atoms. The number of carbonyl (C=O) groups is 2. The van der Waals surface area contributed by atoms with Crippen molar-refractivity contribution in [2.24, 2.45) is 0 Å². The zero-order valence-corrected chi connectivity index (χ0v) is 19.6. The number of nitrogens with one attached hydrogen (secondary N) is 2. The Morgan fingerprint density at radius 3 is 2.42 bits per heavy atom. The van der Waals surface area contributed by atoms with Crippen LogP contribution in [-0.4, -0.2) is 41.6 Å². The molecule has 0 aliphatic rings. The van der Waals surface area contributed by atoms with E-state index in [2.05, 4.69) is 31.2 Å². The Morgan fingerprint density at radius 2 is 1.64 bits per heavy atom. The number of benzene rings is 3. The van der Waals surface area contributed by atoms with E-state index in [1.54, 1.807) is 12.1 Å². The van der Waals surface area contributed by atoms with Crippen molar-refractivity contribution in [2.75, 3.05) is 0 Å². The van der Waals surface area contributed by atoms with Crippen molar-refractivity contribution < 1.29 is 9.59 Å². The van der Waals surface area contributed by atoms with E-state index in [4.69, 9.17) is 0 Å². The number of aryl methyl sites for hydroxylation is 1.